The van der Waals surface area contributed by atoms with Crippen LogP contribution < -0.4 is 10.1 Å². The monoisotopic (exact) mass is 394 g/mol. The van der Waals surface area contributed by atoms with Crippen LogP contribution in [0.4, 0.5) is 5.69 Å². The van der Waals surface area contributed by atoms with E-state index in [-0.39, 0.29) is 17.7 Å². The van der Waals surface area contributed by atoms with Gasteiger partial charge in [0.25, 0.3) is 0 Å². The molecule has 4 fully saturated rings. The molecule has 1 spiro atoms. The molecule has 3 saturated heterocycles. The molecule has 1 aromatic carbocycles. The van der Waals surface area contributed by atoms with Crippen LogP contribution in [0.25, 0.3) is 0 Å². The van der Waals surface area contributed by atoms with Crippen LogP contribution in [0.15, 0.2) is 30.9 Å². The van der Waals surface area contributed by atoms with Crippen LogP contribution in [0, 0.1) is 17.8 Å². The summed E-state index contributed by atoms with van der Waals surface area (Å²) in [4.78, 5) is 2.81. The van der Waals surface area contributed by atoms with Gasteiger partial charge in [0.1, 0.15) is 12.0 Å². The predicted molar refractivity (Wildman–Crippen MR) is 115 cm³/mol. The van der Waals surface area contributed by atoms with Crippen LogP contribution in [-0.4, -0.2) is 42.5 Å². The first-order chi connectivity index (χ1) is 14.0. The topological polar surface area (TPSA) is 33.7 Å². The van der Waals surface area contributed by atoms with Gasteiger partial charge in [0.05, 0.1) is 13.2 Å². The predicted octanol–water partition coefficient (Wildman–Crippen LogP) is 4.56. The maximum absolute atomic E-state index is 6.80. The fourth-order valence-corrected chi connectivity index (χ4v) is 7.60. The highest BCUT2D eigenvalue weighted by atomic mass is 16.5. The Morgan fingerprint density at radius 1 is 1.38 bits per heavy atom. The van der Waals surface area contributed by atoms with Crippen LogP contribution in [0.5, 0.6) is 5.75 Å². The van der Waals surface area contributed by atoms with Gasteiger partial charge in [-0.25, -0.2) is 0 Å². The normalized spacial score (nSPS) is 43.8. The number of anilines is 1. The van der Waals surface area contributed by atoms with Gasteiger partial charge in [0.2, 0.25) is 0 Å². The summed E-state index contributed by atoms with van der Waals surface area (Å²) in [5.41, 5.74) is 3.20. The van der Waals surface area contributed by atoms with Crippen molar-refractivity contribution in [3.05, 3.63) is 36.4 Å². The van der Waals surface area contributed by atoms with Gasteiger partial charge in [0.15, 0.2) is 0 Å². The number of benzene rings is 1. The van der Waals surface area contributed by atoms with Crippen molar-refractivity contribution in [2.45, 2.75) is 75.3 Å². The zero-order valence-corrected chi connectivity index (χ0v) is 18.0. The largest absolute Gasteiger partial charge is 0.497 e. The van der Waals surface area contributed by atoms with Gasteiger partial charge in [0, 0.05) is 29.1 Å². The molecule has 4 heteroatoms. The molecule has 4 heterocycles. The maximum Gasteiger partial charge on any atom is 0.129 e. The standard InChI is InChI=1S/C25H34N2O2/c1-5-17-18-9-11-27-21(13-25(17,18)27)23-24(10-8-15(2)3)14-22(29-23)26-20-7-6-16(28-4)12-19(20)24/h5-7,12,15,17-18,21-23,26H,1,8-11,13-14H2,2-4H3/t17-,18?,21-,22-,23-,24+,25?/m0/s1. The van der Waals surface area contributed by atoms with Gasteiger partial charge < -0.3 is 14.8 Å². The molecule has 29 heavy (non-hydrogen) atoms. The van der Waals surface area contributed by atoms with E-state index in [0.29, 0.717) is 23.4 Å². The van der Waals surface area contributed by atoms with Crippen molar-refractivity contribution < 1.29 is 9.47 Å². The summed E-state index contributed by atoms with van der Waals surface area (Å²) >= 11 is 0. The van der Waals surface area contributed by atoms with E-state index < -0.39 is 0 Å². The van der Waals surface area contributed by atoms with E-state index in [0.717, 1.165) is 18.1 Å². The molecule has 5 aliphatic rings. The molecule has 1 aromatic rings. The lowest BCUT2D eigenvalue weighted by Crippen LogP contribution is -2.65. The van der Waals surface area contributed by atoms with Gasteiger partial charge in [-0.3, -0.25) is 4.90 Å². The van der Waals surface area contributed by atoms with Crippen molar-refractivity contribution in [3.63, 3.8) is 0 Å². The smallest absolute Gasteiger partial charge is 0.129 e. The van der Waals surface area contributed by atoms with E-state index >= 15 is 0 Å². The van der Waals surface area contributed by atoms with Gasteiger partial charge in [-0.05, 0) is 67.3 Å². The van der Waals surface area contributed by atoms with Crippen LogP contribution in [0.2, 0.25) is 0 Å². The molecule has 0 aromatic heterocycles. The highest BCUT2D eigenvalue weighted by molar-refractivity contribution is 5.62. The number of ether oxygens (including phenoxy) is 2. The zero-order chi connectivity index (χ0) is 20.0. The number of nitrogens with one attached hydrogen (secondary N) is 1. The van der Waals surface area contributed by atoms with Gasteiger partial charge in [-0.1, -0.05) is 26.3 Å². The molecule has 156 valence electrons. The van der Waals surface area contributed by atoms with E-state index in [1.54, 1.807) is 7.11 Å². The molecule has 1 aliphatic carbocycles. The minimum atomic E-state index is 0.0903. The third-order valence-corrected chi connectivity index (χ3v) is 8.95. The lowest BCUT2D eigenvalue weighted by Gasteiger charge is -2.54. The van der Waals surface area contributed by atoms with Crippen LogP contribution in [0.3, 0.4) is 0 Å². The molecule has 2 bridgehead atoms. The second-order valence-electron chi connectivity index (χ2n) is 10.5. The first-order valence-corrected chi connectivity index (χ1v) is 11.5. The molecule has 0 radical (unpaired) electrons. The summed E-state index contributed by atoms with van der Waals surface area (Å²) in [6.07, 6.45) is 8.76. The van der Waals surface area contributed by atoms with Gasteiger partial charge in [-0.15, -0.1) is 6.58 Å². The van der Waals surface area contributed by atoms with E-state index in [1.807, 2.05) is 0 Å². The molecule has 4 aliphatic heterocycles. The molecular formula is C25H34N2O2. The van der Waals surface area contributed by atoms with Crippen LogP contribution in [-0.2, 0) is 10.2 Å². The minimum absolute atomic E-state index is 0.0903. The van der Waals surface area contributed by atoms with Gasteiger partial charge in [-0.2, -0.15) is 0 Å². The average molecular weight is 395 g/mol. The molecule has 0 amide bonds. The summed E-state index contributed by atoms with van der Waals surface area (Å²) in [7, 11) is 1.77. The zero-order valence-electron chi connectivity index (χ0n) is 18.0. The van der Waals surface area contributed by atoms with Crippen LogP contribution >= 0.6 is 0 Å². The Morgan fingerprint density at radius 2 is 2.24 bits per heavy atom. The lowest BCUT2D eigenvalue weighted by atomic mass is 9.64. The summed E-state index contributed by atoms with van der Waals surface area (Å²) in [6, 6.07) is 7.09. The number of nitrogens with zero attached hydrogens (tertiary/aromatic N) is 1. The molecular weight excluding hydrogens is 360 g/mol. The summed E-state index contributed by atoms with van der Waals surface area (Å²) in [6.45, 7) is 10.0. The van der Waals surface area contributed by atoms with E-state index in [2.05, 4.69) is 54.9 Å². The Balaban J connectivity index is 1.38. The third-order valence-electron chi connectivity index (χ3n) is 8.95. The first kappa shape index (κ1) is 18.3. The molecule has 7 atom stereocenters. The Labute approximate surface area is 174 Å². The number of methoxy groups -OCH3 is 1. The number of fused-ring (bicyclic) bond motifs is 4. The Kier molecular flexibility index (Phi) is 3.79. The first-order valence-electron chi connectivity index (χ1n) is 11.5. The molecule has 1 saturated carbocycles. The quantitative estimate of drug-likeness (QED) is 0.717. The average Bonchev–Trinajstić information content (AvgIpc) is 3.14. The molecule has 2 unspecified atom stereocenters. The summed E-state index contributed by atoms with van der Waals surface area (Å²) < 4.78 is 12.4. The van der Waals surface area contributed by atoms with Crippen molar-refractivity contribution >= 4 is 5.69 Å². The number of rotatable bonds is 6. The van der Waals surface area contributed by atoms with Crippen molar-refractivity contribution in [2.75, 3.05) is 19.0 Å². The van der Waals surface area contributed by atoms with E-state index in [1.165, 1.54) is 43.5 Å². The van der Waals surface area contributed by atoms with Crippen molar-refractivity contribution in [2.24, 2.45) is 17.8 Å². The van der Waals surface area contributed by atoms with Gasteiger partial charge >= 0.3 is 0 Å². The molecule has 4 nitrogen and oxygen atoms in total. The molecule has 6 rings (SSSR count). The lowest BCUT2D eigenvalue weighted by molar-refractivity contribution is -0.0999. The SMILES string of the molecule is C=C[C@H]1C2CCN3[C@H]([C@@H]4O[C@H]5C[C@]4(CCC(C)C)c4cc(OC)ccc4N5)CC213. The van der Waals surface area contributed by atoms with Crippen molar-refractivity contribution in [1.29, 1.82) is 0 Å². The second-order valence-corrected chi connectivity index (χ2v) is 10.5. The fourth-order valence-electron chi connectivity index (χ4n) is 7.60. The maximum atomic E-state index is 6.80. The highest BCUT2D eigenvalue weighted by Crippen LogP contribution is 2.72. The fraction of sp³-hybridized carbons (Fsp3) is 0.680. The van der Waals surface area contributed by atoms with E-state index in [4.69, 9.17) is 9.47 Å². The Bertz CT molecular complexity index is 853. The Morgan fingerprint density at radius 3 is 2.97 bits per heavy atom. The number of piperidine rings is 1. The second kappa shape index (κ2) is 6.01. The summed E-state index contributed by atoms with van der Waals surface area (Å²) in [5, 5.41) is 3.67. The minimum Gasteiger partial charge on any atom is -0.497 e. The number of hydrogen-bond donors (Lipinski definition) is 1. The summed E-state index contributed by atoms with van der Waals surface area (Å²) in [5.74, 6) is 3.23. The van der Waals surface area contributed by atoms with Crippen molar-refractivity contribution in [3.8, 4) is 5.75 Å². The van der Waals surface area contributed by atoms with Crippen molar-refractivity contribution in [1.82, 2.24) is 4.90 Å². The Hall–Kier alpha value is -1.52. The van der Waals surface area contributed by atoms with Crippen LogP contribution in [0.1, 0.15) is 51.5 Å². The highest BCUT2D eigenvalue weighted by Gasteiger charge is 2.78. The number of hydrogen-bond acceptors (Lipinski definition) is 4. The molecule has 1 N–H and O–H groups in total. The third kappa shape index (κ3) is 2.22. The van der Waals surface area contributed by atoms with E-state index in [9.17, 15) is 0 Å².